The first-order valence-corrected chi connectivity index (χ1v) is 27.9. The lowest BCUT2D eigenvalue weighted by atomic mass is 10.0. The van der Waals surface area contributed by atoms with Crippen LogP contribution in [0.3, 0.4) is 0 Å². The maximum absolute atomic E-state index is 12.4. The number of anilines is 2. The smallest absolute Gasteiger partial charge is 0.410 e. The standard InChI is InChI=1S/C33H34N6O4.C31H30N6O4/c1-5-42-31(40)23-8-11-27-26(12-13-34-29(27)18-23)28-20-36-39-21-24(19-35-30(28)39)22-6-9-25(10-7-22)37-14-16-38(17-15-37)32(41)43-33(2,3)4;1-31(2,3)41-30(40)36-14-12-35(13-15-36)23-7-4-20(5-8-23)22-17-33-28-26(18-34-37(28)19-22)24-10-11-32-27-16-21(29(38)39)6-9-25(24)27/h6-13,18-21H,5,14-17H2,1-4H3;4-11,16-19H,12-15H2,1-3H3,(H,38,39). The van der Waals surface area contributed by atoms with Gasteiger partial charge in [-0.05, 0) is 131 Å². The summed E-state index contributed by atoms with van der Waals surface area (Å²) in [5.74, 6) is -1.35. The maximum atomic E-state index is 12.4. The van der Waals surface area contributed by atoms with E-state index in [1.165, 1.54) is 0 Å². The van der Waals surface area contributed by atoms with Crippen LogP contribution in [0.15, 0.2) is 147 Å². The number of carboxylic acids is 1. The second-order valence-electron chi connectivity index (χ2n) is 22.5. The molecule has 0 aliphatic carbocycles. The Bertz CT molecular complexity index is 4100. The summed E-state index contributed by atoms with van der Waals surface area (Å²) in [6, 6.07) is 30.8. The number of aromatic nitrogens is 8. The van der Waals surface area contributed by atoms with Crippen molar-refractivity contribution >= 4 is 68.6 Å². The molecule has 1 N–H and O–H groups in total. The summed E-state index contributed by atoms with van der Waals surface area (Å²) in [5.41, 5.74) is 12.1. The number of carboxylic acid groups (broad SMARTS) is 1. The third-order valence-corrected chi connectivity index (χ3v) is 14.5. The van der Waals surface area contributed by atoms with Gasteiger partial charge in [0.2, 0.25) is 0 Å². The van der Waals surface area contributed by atoms with Gasteiger partial charge in [-0.2, -0.15) is 10.2 Å². The van der Waals surface area contributed by atoms with E-state index < -0.39 is 17.2 Å². The van der Waals surface area contributed by atoms with Crippen LogP contribution in [-0.4, -0.2) is 148 Å². The molecule has 8 heterocycles. The number of fused-ring (bicyclic) bond motifs is 4. The fourth-order valence-corrected chi connectivity index (χ4v) is 10.3. The molecule has 0 atom stereocenters. The Kier molecular flexibility index (Phi) is 15.4. The molecule has 12 rings (SSSR count). The van der Waals surface area contributed by atoms with Crippen molar-refractivity contribution in [2.24, 2.45) is 0 Å². The minimum Gasteiger partial charge on any atom is -0.478 e. The molecule has 4 aromatic carbocycles. The zero-order valence-corrected chi connectivity index (χ0v) is 47.9. The molecule has 2 aliphatic rings. The Balaban J connectivity index is 0.000000176. The summed E-state index contributed by atoms with van der Waals surface area (Å²) < 4.78 is 19.7. The molecule has 0 bridgehead atoms. The monoisotopic (exact) mass is 1130 g/mol. The molecule has 6 aromatic heterocycles. The molecule has 20 heteroatoms. The highest BCUT2D eigenvalue weighted by molar-refractivity contribution is 6.02. The van der Waals surface area contributed by atoms with Crippen molar-refractivity contribution in [2.75, 3.05) is 68.8 Å². The van der Waals surface area contributed by atoms with E-state index in [0.717, 1.165) is 98.5 Å². The van der Waals surface area contributed by atoms with Gasteiger partial charge in [0.15, 0.2) is 11.3 Å². The van der Waals surface area contributed by atoms with Crippen molar-refractivity contribution in [2.45, 2.75) is 59.7 Å². The SMILES string of the molecule is CC(C)(C)OC(=O)N1CCN(c2ccc(-c3cnc4c(-c5ccnc6cc(C(=O)O)ccc56)cnn4c3)cc2)CC1.CCOC(=O)c1ccc2c(-c3cnn4cc(-c5ccc(N6CCN(C(=O)OC(C)(C)C)CC6)cc5)cnc34)ccnc2c1. The lowest BCUT2D eigenvalue weighted by molar-refractivity contribution is 0.0230. The molecule has 2 saturated heterocycles. The maximum Gasteiger partial charge on any atom is 0.410 e. The van der Waals surface area contributed by atoms with E-state index in [9.17, 15) is 24.3 Å². The molecule has 0 unspecified atom stereocenters. The van der Waals surface area contributed by atoms with Gasteiger partial charge in [-0.1, -0.05) is 36.4 Å². The Morgan fingerprint density at radius 2 is 0.905 bits per heavy atom. The van der Waals surface area contributed by atoms with Crippen LogP contribution in [0.25, 0.3) is 77.6 Å². The number of esters is 1. The number of rotatable bonds is 9. The van der Waals surface area contributed by atoms with Crippen LogP contribution in [0.4, 0.5) is 21.0 Å². The molecule has 20 nitrogen and oxygen atoms in total. The summed E-state index contributed by atoms with van der Waals surface area (Å²) in [7, 11) is 0. The molecular weight excluding hydrogens is 1060 g/mol. The fraction of sp³-hybridized carbons (Fsp3) is 0.281. The lowest BCUT2D eigenvalue weighted by Gasteiger charge is -2.36. The van der Waals surface area contributed by atoms with Gasteiger partial charge in [0.25, 0.3) is 0 Å². The Labute approximate surface area is 484 Å². The summed E-state index contributed by atoms with van der Waals surface area (Å²) in [5, 5.41) is 20.2. The topological polar surface area (TPSA) is 215 Å². The Morgan fingerprint density at radius 1 is 0.488 bits per heavy atom. The van der Waals surface area contributed by atoms with Gasteiger partial charge in [0, 0.05) is 134 Å². The molecule has 0 spiro atoms. The number of benzene rings is 4. The largest absolute Gasteiger partial charge is 0.478 e. The molecule has 2 fully saturated rings. The van der Waals surface area contributed by atoms with Crippen molar-refractivity contribution in [3.63, 3.8) is 0 Å². The van der Waals surface area contributed by atoms with Gasteiger partial charge in [-0.15, -0.1) is 0 Å². The van der Waals surface area contributed by atoms with E-state index in [0.29, 0.717) is 55.0 Å². The van der Waals surface area contributed by atoms with Gasteiger partial charge in [-0.25, -0.2) is 38.2 Å². The van der Waals surface area contributed by atoms with E-state index in [1.807, 2.05) is 84.5 Å². The molecule has 2 amide bonds. The predicted octanol–water partition coefficient (Wildman–Crippen LogP) is 11.2. The number of carbonyl (C=O) groups excluding carboxylic acids is 3. The second kappa shape index (κ2) is 23.1. The third kappa shape index (κ3) is 12.1. The number of ether oxygens (including phenoxy) is 3. The van der Waals surface area contributed by atoms with E-state index in [2.05, 4.69) is 78.5 Å². The summed E-state index contributed by atoms with van der Waals surface area (Å²) >= 11 is 0. The van der Waals surface area contributed by atoms with Crippen LogP contribution >= 0.6 is 0 Å². The first-order valence-electron chi connectivity index (χ1n) is 27.9. The number of nitrogens with zero attached hydrogens (tertiary/aromatic N) is 12. The molecule has 84 heavy (non-hydrogen) atoms. The summed E-state index contributed by atoms with van der Waals surface area (Å²) in [6.45, 7) is 18.8. The second-order valence-corrected chi connectivity index (χ2v) is 22.5. The van der Waals surface area contributed by atoms with Gasteiger partial charge in [-0.3, -0.25) is 9.97 Å². The highest BCUT2D eigenvalue weighted by atomic mass is 16.6. The molecule has 0 saturated carbocycles. The van der Waals surface area contributed by atoms with Crippen molar-refractivity contribution in [1.82, 2.24) is 49.0 Å². The average Bonchev–Trinajstić information content (AvgIpc) is 4.30. The van der Waals surface area contributed by atoms with Crippen LogP contribution in [-0.2, 0) is 14.2 Å². The number of amides is 2. The lowest BCUT2D eigenvalue weighted by Crippen LogP contribution is -2.50. The number of hydrogen-bond donors (Lipinski definition) is 1. The number of pyridine rings is 2. The highest BCUT2D eigenvalue weighted by Crippen LogP contribution is 2.34. The van der Waals surface area contributed by atoms with Crippen LogP contribution in [0.5, 0.6) is 0 Å². The highest BCUT2D eigenvalue weighted by Gasteiger charge is 2.28. The van der Waals surface area contributed by atoms with E-state index in [1.54, 1.807) is 80.9 Å². The Hall–Kier alpha value is -9.98. The van der Waals surface area contributed by atoms with Crippen LogP contribution in [0.2, 0.25) is 0 Å². The van der Waals surface area contributed by atoms with Crippen molar-refractivity contribution in [1.29, 1.82) is 0 Å². The Morgan fingerprint density at radius 3 is 1.31 bits per heavy atom. The third-order valence-electron chi connectivity index (χ3n) is 14.5. The first kappa shape index (κ1) is 55.9. The molecule has 2 aliphatic heterocycles. The van der Waals surface area contributed by atoms with Gasteiger partial charge < -0.3 is 38.9 Å². The first-order chi connectivity index (χ1) is 40.4. The van der Waals surface area contributed by atoms with E-state index in [-0.39, 0.29) is 23.7 Å². The number of piperazine rings is 2. The van der Waals surface area contributed by atoms with Gasteiger partial charge in [0.1, 0.15) is 11.2 Å². The van der Waals surface area contributed by atoms with Crippen LogP contribution in [0.1, 0.15) is 69.2 Å². The summed E-state index contributed by atoms with van der Waals surface area (Å²) in [6.07, 6.45) is 14.1. The van der Waals surface area contributed by atoms with Gasteiger partial charge >= 0.3 is 24.1 Å². The zero-order valence-electron chi connectivity index (χ0n) is 47.9. The molecule has 10 aromatic rings. The number of carbonyl (C=O) groups is 4. The minimum absolute atomic E-state index is 0.193. The zero-order chi connectivity index (χ0) is 58.9. The minimum atomic E-state index is -0.988. The van der Waals surface area contributed by atoms with Crippen molar-refractivity contribution in [3.8, 4) is 44.5 Å². The normalized spacial score (nSPS) is 13.9. The predicted molar refractivity (Wildman–Crippen MR) is 321 cm³/mol. The quantitative estimate of drug-likeness (QED) is 0.105. The average molecular weight is 1130 g/mol. The molecule has 428 valence electrons. The number of aromatic carboxylic acids is 1. The van der Waals surface area contributed by atoms with Crippen LogP contribution < -0.4 is 9.80 Å². The van der Waals surface area contributed by atoms with Crippen molar-refractivity contribution < 1.29 is 38.5 Å². The van der Waals surface area contributed by atoms with Crippen molar-refractivity contribution in [3.05, 3.63) is 158 Å². The fourth-order valence-electron chi connectivity index (χ4n) is 10.3. The van der Waals surface area contributed by atoms with E-state index in [4.69, 9.17) is 24.2 Å². The van der Waals surface area contributed by atoms with Gasteiger partial charge in [0.05, 0.1) is 41.2 Å². The van der Waals surface area contributed by atoms with E-state index >= 15 is 0 Å². The molecule has 0 radical (unpaired) electrons. The van der Waals surface area contributed by atoms with Crippen LogP contribution in [0, 0.1) is 0 Å². The molecular formula is C64H64N12O8. The summed E-state index contributed by atoms with van der Waals surface area (Å²) in [4.78, 5) is 74.8. The number of hydrogen-bond acceptors (Lipinski definition) is 15.